The second-order valence-electron chi connectivity index (χ2n) is 7.32. The molecular formula is C22H26N6. The van der Waals surface area contributed by atoms with E-state index in [0.29, 0.717) is 0 Å². The van der Waals surface area contributed by atoms with Gasteiger partial charge in [0, 0.05) is 44.1 Å². The van der Waals surface area contributed by atoms with E-state index in [-0.39, 0.29) is 0 Å². The number of anilines is 4. The van der Waals surface area contributed by atoms with Crippen molar-refractivity contribution in [1.29, 1.82) is 0 Å². The first kappa shape index (κ1) is 18.2. The molecule has 0 saturated carbocycles. The Labute approximate surface area is 166 Å². The molecule has 3 heterocycles. The zero-order chi connectivity index (χ0) is 19.5. The highest BCUT2D eigenvalue weighted by atomic mass is 15.3. The van der Waals surface area contributed by atoms with Crippen molar-refractivity contribution in [2.24, 2.45) is 0 Å². The molecule has 0 atom stereocenters. The maximum absolute atomic E-state index is 4.50. The van der Waals surface area contributed by atoms with Gasteiger partial charge in [0.05, 0.1) is 0 Å². The molecule has 1 N–H and O–H groups in total. The molecular weight excluding hydrogens is 348 g/mol. The summed E-state index contributed by atoms with van der Waals surface area (Å²) in [6.07, 6.45) is 3.49. The van der Waals surface area contributed by atoms with Gasteiger partial charge in [0.25, 0.3) is 0 Å². The minimum atomic E-state index is 0.826. The molecule has 0 radical (unpaired) electrons. The largest absolute Gasteiger partial charge is 0.353 e. The Morgan fingerprint density at radius 2 is 1.46 bits per heavy atom. The van der Waals surface area contributed by atoms with Crippen molar-refractivity contribution in [3.8, 4) is 0 Å². The lowest BCUT2D eigenvalue weighted by Crippen LogP contribution is -2.47. The molecule has 1 aromatic carbocycles. The Hall–Kier alpha value is -3.15. The average molecular weight is 374 g/mol. The van der Waals surface area contributed by atoms with E-state index in [1.807, 2.05) is 24.4 Å². The van der Waals surface area contributed by atoms with E-state index in [1.165, 1.54) is 16.7 Å². The molecule has 1 fully saturated rings. The summed E-state index contributed by atoms with van der Waals surface area (Å²) in [4.78, 5) is 18.0. The highest BCUT2D eigenvalue weighted by Crippen LogP contribution is 2.26. The van der Waals surface area contributed by atoms with Gasteiger partial charge in [-0.05, 0) is 44.0 Å². The van der Waals surface area contributed by atoms with E-state index in [1.54, 1.807) is 6.33 Å². The maximum atomic E-state index is 4.50. The van der Waals surface area contributed by atoms with Crippen molar-refractivity contribution in [2.75, 3.05) is 41.3 Å². The third kappa shape index (κ3) is 3.91. The summed E-state index contributed by atoms with van der Waals surface area (Å²) in [7, 11) is 0. The van der Waals surface area contributed by atoms with Crippen LogP contribution in [0.1, 0.15) is 16.7 Å². The number of hydrogen-bond donors (Lipinski definition) is 1. The molecule has 0 unspecified atom stereocenters. The predicted molar refractivity (Wildman–Crippen MR) is 115 cm³/mol. The second kappa shape index (κ2) is 7.84. The first-order chi connectivity index (χ1) is 13.6. The Balaban J connectivity index is 1.46. The van der Waals surface area contributed by atoms with E-state index in [4.69, 9.17) is 0 Å². The van der Waals surface area contributed by atoms with E-state index in [0.717, 1.165) is 49.3 Å². The number of pyridine rings is 1. The molecule has 1 aliphatic heterocycles. The first-order valence-corrected chi connectivity index (χ1v) is 9.68. The summed E-state index contributed by atoms with van der Waals surface area (Å²) < 4.78 is 0. The number of nitrogens with one attached hydrogen (secondary N) is 1. The van der Waals surface area contributed by atoms with Crippen molar-refractivity contribution >= 4 is 23.1 Å². The quantitative estimate of drug-likeness (QED) is 0.748. The molecule has 2 aromatic heterocycles. The number of benzene rings is 1. The van der Waals surface area contributed by atoms with Gasteiger partial charge in [0.1, 0.15) is 23.8 Å². The lowest BCUT2D eigenvalue weighted by atomic mass is 10.1. The zero-order valence-electron chi connectivity index (χ0n) is 16.7. The summed E-state index contributed by atoms with van der Waals surface area (Å²) >= 11 is 0. The Kier molecular flexibility index (Phi) is 5.10. The number of nitrogens with zero attached hydrogens (tertiary/aromatic N) is 5. The van der Waals surface area contributed by atoms with Gasteiger partial charge in [-0.3, -0.25) is 0 Å². The summed E-state index contributed by atoms with van der Waals surface area (Å²) in [5, 5.41) is 3.48. The van der Waals surface area contributed by atoms with Crippen molar-refractivity contribution < 1.29 is 0 Å². The van der Waals surface area contributed by atoms with Crippen LogP contribution in [0.3, 0.4) is 0 Å². The fourth-order valence-corrected chi connectivity index (χ4v) is 3.80. The number of piperazine rings is 1. The van der Waals surface area contributed by atoms with Crippen molar-refractivity contribution in [1.82, 2.24) is 15.0 Å². The van der Waals surface area contributed by atoms with Gasteiger partial charge in [0.2, 0.25) is 0 Å². The van der Waals surface area contributed by atoms with Crippen molar-refractivity contribution in [3.63, 3.8) is 0 Å². The van der Waals surface area contributed by atoms with Crippen LogP contribution in [0, 0.1) is 20.8 Å². The predicted octanol–water partition coefficient (Wildman–Crippen LogP) is 3.87. The third-order valence-electron chi connectivity index (χ3n) is 5.16. The highest BCUT2D eigenvalue weighted by molar-refractivity contribution is 5.66. The number of aryl methyl sites for hydroxylation is 3. The lowest BCUT2D eigenvalue weighted by molar-refractivity contribution is 0.641. The molecule has 0 amide bonds. The smallest absolute Gasteiger partial charge is 0.135 e. The van der Waals surface area contributed by atoms with E-state index in [9.17, 15) is 0 Å². The Bertz CT molecular complexity index is 925. The molecule has 0 spiro atoms. The van der Waals surface area contributed by atoms with Crippen LogP contribution >= 0.6 is 0 Å². The van der Waals surface area contributed by atoms with Gasteiger partial charge < -0.3 is 15.1 Å². The second-order valence-corrected chi connectivity index (χ2v) is 7.32. The summed E-state index contributed by atoms with van der Waals surface area (Å²) in [6.45, 7) is 10.1. The van der Waals surface area contributed by atoms with E-state index < -0.39 is 0 Å². The van der Waals surface area contributed by atoms with Gasteiger partial charge in [-0.15, -0.1) is 0 Å². The summed E-state index contributed by atoms with van der Waals surface area (Å²) in [6, 6.07) is 12.5. The van der Waals surface area contributed by atoms with Gasteiger partial charge in [0.15, 0.2) is 0 Å². The lowest BCUT2D eigenvalue weighted by Gasteiger charge is -2.36. The van der Waals surface area contributed by atoms with Crippen LogP contribution in [0.4, 0.5) is 23.1 Å². The van der Waals surface area contributed by atoms with Gasteiger partial charge in [-0.2, -0.15) is 0 Å². The zero-order valence-corrected chi connectivity index (χ0v) is 16.7. The molecule has 4 rings (SSSR count). The van der Waals surface area contributed by atoms with Crippen LogP contribution in [0.5, 0.6) is 0 Å². The molecule has 1 aliphatic rings. The average Bonchev–Trinajstić information content (AvgIpc) is 2.72. The van der Waals surface area contributed by atoms with E-state index >= 15 is 0 Å². The molecule has 6 nitrogen and oxygen atoms in total. The van der Waals surface area contributed by atoms with Crippen LogP contribution in [0.2, 0.25) is 0 Å². The van der Waals surface area contributed by atoms with E-state index in [2.05, 4.69) is 69.0 Å². The van der Waals surface area contributed by atoms with Gasteiger partial charge in [-0.1, -0.05) is 23.8 Å². The van der Waals surface area contributed by atoms with Crippen LogP contribution in [0.15, 0.2) is 48.9 Å². The van der Waals surface area contributed by atoms with Crippen molar-refractivity contribution in [3.05, 3.63) is 65.6 Å². The first-order valence-electron chi connectivity index (χ1n) is 9.68. The topological polar surface area (TPSA) is 57.2 Å². The van der Waals surface area contributed by atoms with Crippen molar-refractivity contribution in [2.45, 2.75) is 20.8 Å². The molecule has 28 heavy (non-hydrogen) atoms. The monoisotopic (exact) mass is 374 g/mol. The fraction of sp³-hybridized carbons (Fsp3) is 0.318. The maximum Gasteiger partial charge on any atom is 0.135 e. The molecule has 3 aromatic rings. The Morgan fingerprint density at radius 3 is 2.11 bits per heavy atom. The fourth-order valence-electron chi connectivity index (χ4n) is 3.80. The molecule has 0 aliphatic carbocycles. The molecule has 6 heteroatoms. The SMILES string of the molecule is Cc1cc(C)c(Nc2cc(N3CCN(c4ccccn4)CC3)ncn2)c(C)c1. The minimum Gasteiger partial charge on any atom is -0.353 e. The number of rotatable bonds is 4. The Morgan fingerprint density at radius 1 is 0.786 bits per heavy atom. The minimum absolute atomic E-state index is 0.826. The highest BCUT2D eigenvalue weighted by Gasteiger charge is 2.19. The van der Waals surface area contributed by atoms with Gasteiger partial charge in [-0.25, -0.2) is 15.0 Å². The number of hydrogen-bond acceptors (Lipinski definition) is 6. The molecule has 0 bridgehead atoms. The number of aromatic nitrogens is 3. The van der Waals surface area contributed by atoms with Gasteiger partial charge >= 0.3 is 0 Å². The van der Waals surface area contributed by atoms with Crippen LogP contribution in [-0.2, 0) is 0 Å². The van der Waals surface area contributed by atoms with Crippen LogP contribution < -0.4 is 15.1 Å². The van der Waals surface area contributed by atoms with Crippen LogP contribution in [-0.4, -0.2) is 41.1 Å². The summed E-state index contributed by atoms with van der Waals surface area (Å²) in [5.74, 6) is 2.82. The standard InChI is InChI=1S/C22H26N6/c1-16-12-17(2)22(18(3)13-16)26-19-14-21(25-15-24-19)28-10-8-27(9-11-28)20-6-4-5-7-23-20/h4-7,12-15H,8-11H2,1-3H3,(H,24,25,26). The van der Waals surface area contributed by atoms with Crippen LogP contribution in [0.25, 0.3) is 0 Å². The molecule has 1 saturated heterocycles. The normalized spacial score (nSPS) is 14.2. The molecule has 144 valence electrons. The third-order valence-corrected chi connectivity index (χ3v) is 5.16. The summed E-state index contributed by atoms with van der Waals surface area (Å²) in [5.41, 5.74) is 4.84.